The number of nitrogens with zero attached hydrogens (tertiary/aromatic N) is 2. The second-order valence-electron chi connectivity index (χ2n) is 10.5. The van der Waals surface area contributed by atoms with E-state index in [1.165, 1.54) is 23.1 Å². The van der Waals surface area contributed by atoms with Crippen molar-refractivity contribution >= 4 is 27.5 Å². The van der Waals surface area contributed by atoms with Crippen molar-refractivity contribution in [1.82, 2.24) is 10.2 Å². The Kier molecular flexibility index (Phi) is 9.58. The minimum absolute atomic E-state index is 0.0427. The van der Waals surface area contributed by atoms with E-state index in [0.29, 0.717) is 0 Å². The highest BCUT2D eigenvalue weighted by Gasteiger charge is 2.34. The van der Waals surface area contributed by atoms with Crippen molar-refractivity contribution in [2.24, 2.45) is 0 Å². The number of carbonyl (C=O) groups is 2. The zero-order valence-corrected chi connectivity index (χ0v) is 23.7. The number of anilines is 1. The number of amides is 2. The van der Waals surface area contributed by atoms with Crippen LogP contribution in [-0.4, -0.2) is 50.0 Å². The lowest BCUT2D eigenvalue weighted by atomic mass is 10.0. The molecule has 0 saturated heterocycles. The molecule has 212 valence electrons. The molecule has 7 nitrogen and oxygen atoms in total. The third-order valence-electron chi connectivity index (χ3n) is 7.22. The quantitative estimate of drug-likeness (QED) is 0.368. The Balaban J connectivity index is 1.72. The van der Waals surface area contributed by atoms with Crippen LogP contribution in [0.2, 0.25) is 0 Å². The first-order valence-electron chi connectivity index (χ1n) is 13.5. The molecule has 1 atom stereocenters. The molecule has 1 fully saturated rings. The predicted molar refractivity (Wildman–Crippen MR) is 155 cm³/mol. The van der Waals surface area contributed by atoms with Crippen LogP contribution in [0.1, 0.15) is 42.4 Å². The second kappa shape index (κ2) is 13.1. The minimum atomic E-state index is -3.95. The van der Waals surface area contributed by atoms with Gasteiger partial charge in [0, 0.05) is 19.0 Å². The van der Waals surface area contributed by atoms with Crippen LogP contribution < -0.4 is 9.62 Å². The molecular weight excluding hydrogens is 529 g/mol. The van der Waals surface area contributed by atoms with E-state index in [1.54, 1.807) is 0 Å². The van der Waals surface area contributed by atoms with Gasteiger partial charge in [0.25, 0.3) is 0 Å². The molecule has 0 aliphatic heterocycles. The number of sulfonamides is 1. The Bertz CT molecular complexity index is 1410. The van der Waals surface area contributed by atoms with Crippen molar-refractivity contribution in [3.63, 3.8) is 0 Å². The van der Waals surface area contributed by atoms with Crippen LogP contribution in [0, 0.1) is 12.7 Å². The summed E-state index contributed by atoms with van der Waals surface area (Å²) in [7, 11) is -3.95. The number of benzene rings is 3. The lowest BCUT2D eigenvalue weighted by Gasteiger charge is -2.34. The molecule has 1 aliphatic carbocycles. The lowest BCUT2D eigenvalue weighted by Crippen LogP contribution is -2.54. The normalized spacial score (nSPS) is 14.5. The molecule has 40 heavy (non-hydrogen) atoms. The Labute approximate surface area is 236 Å². The van der Waals surface area contributed by atoms with Crippen LogP contribution in [0.15, 0.2) is 78.9 Å². The third-order valence-corrected chi connectivity index (χ3v) is 8.36. The van der Waals surface area contributed by atoms with Crippen LogP contribution in [0.25, 0.3) is 0 Å². The summed E-state index contributed by atoms with van der Waals surface area (Å²) in [6, 6.07) is 21.4. The minimum Gasteiger partial charge on any atom is -0.352 e. The van der Waals surface area contributed by atoms with Gasteiger partial charge in [-0.3, -0.25) is 13.9 Å². The van der Waals surface area contributed by atoms with E-state index in [2.05, 4.69) is 5.32 Å². The highest BCUT2D eigenvalue weighted by Crippen LogP contribution is 2.22. The highest BCUT2D eigenvalue weighted by atomic mass is 32.2. The maximum Gasteiger partial charge on any atom is 0.244 e. The van der Waals surface area contributed by atoms with Crippen molar-refractivity contribution in [2.75, 3.05) is 17.1 Å². The molecule has 1 saturated carbocycles. The van der Waals surface area contributed by atoms with Crippen LogP contribution in [0.3, 0.4) is 0 Å². The first kappa shape index (κ1) is 29.3. The van der Waals surface area contributed by atoms with Crippen molar-refractivity contribution in [3.05, 3.63) is 101 Å². The van der Waals surface area contributed by atoms with E-state index in [1.807, 2.05) is 61.5 Å². The summed E-state index contributed by atoms with van der Waals surface area (Å²) >= 11 is 0. The van der Waals surface area contributed by atoms with Gasteiger partial charge in [0.05, 0.1) is 11.9 Å². The highest BCUT2D eigenvalue weighted by molar-refractivity contribution is 7.92. The van der Waals surface area contributed by atoms with Gasteiger partial charge in [0.15, 0.2) is 0 Å². The lowest BCUT2D eigenvalue weighted by molar-refractivity contribution is -0.140. The van der Waals surface area contributed by atoms with E-state index in [9.17, 15) is 22.4 Å². The van der Waals surface area contributed by atoms with Gasteiger partial charge in [0.1, 0.15) is 18.4 Å². The zero-order chi connectivity index (χ0) is 28.7. The number of nitrogens with one attached hydrogen (secondary N) is 1. The number of aryl methyl sites for hydroxylation is 1. The van der Waals surface area contributed by atoms with E-state index >= 15 is 0 Å². The average molecular weight is 566 g/mol. The van der Waals surface area contributed by atoms with Gasteiger partial charge < -0.3 is 10.2 Å². The number of hydrogen-bond acceptors (Lipinski definition) is 4. The number of carbonyl (C=O) groups excluding carboxylic acids is 2. The van der Waals surface area contributed by atoms with Crippen LogP contribution in [0.5, 0.6) is 0 Å². The smallest absolute Gasteiger partial charge is 0.244 e. The van der Waals surface area contributed by atoms with E-state index in [-0.39, 0.29) is 30.6 Å². The van der Waals surface area contributed by atoms with Crippen molar-refractivity contribution in [1.29, 1.82) is 0 Å². The largest absolute Gasteiger partial charge is 0.352 e. The van der Waals surface area contributed by atoms with E-state index in [4.69, 9.17) is 0 Å². The van der Waals surface area contributed by atoms with Crippen molar-refractivity contribution < 1.29 is 22.4 Å². The zero-order valence-electron chi connectivity index (χ0n) is 22.9. The molecule has 0 aromatic heterocycles. The number of hydrogen-bond donors (Lipinski definition) is 1. The molecule has 0 bridgehead atoms. The molecule has 4 rings (SSSR count). The molecule has 3 aromatic rings. The van der Waals surface area contributed by atoms with E-state index < -0.39 is 34.3 Å². The molecule has 1 unspecified atom stereocenters. The molecule has 0 spiro atoms. The summed E-state index contributed by atoms with van der Waals surface area (Å²) < 4.78 is 40.5. The predicted octanol–water partition coefficient (Wildman–Crippen LogP) is 4.60. The van der Waals surface area contributed by atoms with Gasteiger partial charge in [-0.2, -0.15) is 0 Å². The Morgan fingerprint density at radius 1 is 0.950 bits per heavy atom. The topological polar surface area (TPSA) is 86.8 Å². The molecule has 0 heterocycles. The van der Waals surface area contributed by atoms with Crippen LogP contribution in [0.4, 0.5) is 10.1 Å². The summed E-state index contributed by atoms with van der Waals surface area (Å²) in [4.78, 5) is 29.3. The summed E-state index contributed by atoms with van der Waals surface area (Å²) in [6.07, 6.45) is 5.09. The monoisotopic (exact) mass is 565 g/mol. The molecular formula is C31H36FN3O4S. The van der Waals surface area contributed by atoms with Crippen molar-refractivity contribution in [2.45, 2.75) is 57.7 Å². The first-order chi connectivity index (χ1) is 19.1. The van der Waals surface area contributed by atoms with Crippen LogP contribution >= 0.6 is 0 Å². The van der Waals surface area contributed by atoms with E-state index in [0.717, 1.165) is 59.0 Å². The fraction of sp³-hybridized carbons (Fsp3) is 0.355. The fourth-order valence-corrected chi connectivity index (χ4v) is 5.90. The third kappa shape index (κ3) is 7.91. The summed E-state index contributed by atoms with van der Waals surface area (Å²) in [5.74, 6) is -1.45. The molecule has 1 aliphatic rings. The molecule has 3 aromatic carbocycles. The molecule has 9 heteroatoms. The Hall–Kier alpha value is -3.72. The van der Waals surface area contributed by atoms with Gasteiger partial charge in [0.2, 0.25) is 21.8 Å². The van der Waals surface area contributed by atoms with Gasteiger partial charge in [-0.1, -0.05) is 79.1 Å². The van der Waals surface area contributed by atoms with Gasteiger partial charge in [-0.15, -0.1) is 0 Å². The Morgan fingerprint density at radius 2 is 1.62 bits per heavy atom. The summed E-state index contributed by atoms with van der Waals surface area (Å²) in [6.45, 7) is 1.49. The van der Waals surface area contributed by atoms with Gasteiger partial charge >= 0.3 is 0 Å². The SMILES string of the molecule is Cc1ccc(CN(C(=O)CN(c2cccc(F)c2)S(C)(=O)=O)C(Cc2ccccc2)C(=O)NC2CCCC2)cc1. The number of halogens is 1. The maximum atomic E-state index is 14.0. The molecule has 1 N–H and O–H groups in total. The molecule has 0 radical (unpaired) electrons. The maximum absolute atomic E-state index is 14.0. The second-order valence-corrected chi connectivity index (χ2v) is 12.4. The van der Waals surface area contributed by atoms with Gasteiger partial charge in [-0.05, 0) is 49.1 Å². The van der Waals surface area contributed by atoms with Crippen molar-refractivity contribution in [3.8, 4) is 0 Å². The summed E-state index contributed by atoms with van der Waals surface area (Å²) in [5.41, 5.74) is 2.78. The fourth-order valence-electron chi connectivity index (χ4n) is 5.06. The molecule has 2 amide bonds. The Morgan fingerprint density at radius 3 is 2.25 bits per heavy atom. The number of rotatable bonds is 11. The standard InChI is InChI=1S/C31H36FN3O4S/c1-23-15-17-25(18-16-23)21-34(30(36)22-35(40(2,38)39)28-14-8-11-26(32)20-28)29(19-24-9-4-3-5-10-24)31(37)33-27-12-6-7-13-27/h3-5,8-11,14-18,20,27,29H,6-7,12-13,19,21-22H2,1-2H3,(H,33,37). The average Bonchev–Trinajstić information content (AvgIpc) is 3.43. The summed E-state index contributed by atoms with van der Waals surface area (Å²) in [5, 5.41) is 3.14. The first-order valence-corrected chi connectivity index (χ1v) is 15.4. The van der Waals surface area contributed by atoms with Crippen LogP contribution in [-0.2, 0) is 32.6 Å². The van der Waals surface area contributed by atoms with Gasteiger partial charge in [-0.25, -0.2) is 12.8 Å².